The summed E-state index contributed by atoms with van der Waals surface area (Å²) in [5, 5.41) is 0.767. The Morgan fingerprint density at radius 1 is 1.03 bits per heavy atom. The molecule has 3 aromatic rings. The molecule has 1 aromatic heterocycles. The lowest BCUT2D eigenvalue weighted by Gasteiger charge is -2.24. The first-order valence-electron chi connectivity index (χ1n) is 11.9. The van der Waals surface area contributed by atoms with Crippen LogP contribution in [-0.2, 0) is 4.79 Å². The van der Waals surface area contributed by atoms with Crippen LogP contribution >= 0.6 is 23.1 Å². The highest BCUT2D eigenvalue weighted by Gasteiger charge is 2.20. The van der Waals surface area contributed by atoms with E-state index in [0.29, 0.717) is 19.6 Å². The summed E-state index contributed by atoms with van der Waals surface area (Å²) < 4.78 is 11.9. The summed E-state index contributed by atoms with van der Waals surface area (Å²) in [5.74, 6) is 2.71. The fraction of sp³-hybridized carbons (Fsp3) is 0.462. The number of likely N-dealkylation sites (N-methyl/N-ethyl adjacent to an activating group) is 1. The van der Waals surface area contributed by atoms with Crippen molar-refractivity contribution in [1.29, 1.82) is 0 Å². The number of benzene rings is 2. The van der Waals surface area contributed by atoms with Crippen LogP contribution in [0.3, 0.4) is 0 Å². The Labute approximate surface area is 211 Å². The van der Waals surface area contributed by atoms with Gasteiger partial charge in [-0.05, 0) is 74.7 Å². The van der Waals surface area contributed by atoms with Crippen LogP contribution in [0.4, 0.5) is 5.13 Å². The van der Waals surface area contributed by atoms with E-state index in [1.807, 2.05) is 42.2 Å². The summed E-state index contributed by atoms with van der Waals surface area (Å²) in [6.45, 7) is 10.3. The second kappa shape index (κ2) is 13.6. The van der Waals surface area contributed by atoms with Crippen LogP contribution in [0.25, 0.3) is 10.2 Å². The Morgan fingerprint density at radius 2 is 1.76 bits per heavy atom. The molecule has 1 amide bonds. The number of hydrogen-bond acceptors (Lipinski definition) is 7. The van der Waals surface area contributed by atoms with Gasteiger partial charge in [-0.1, -0.05) is 25.2 Å². The number of carbonyl (C=O) groups excluding carboxylic acids is 1. The number of nitrogens with zero attached hydrogens (tertiary/aromatic N) is 3. The Morgan fingerprint density at radius 3 is 2.44 bits per heavy atom. The molecular formula is C26H35N3O3S2. The highest BCUT2D eigenvalue weighted by atomic mass is 32.2. The number of fused-ring (bicyclic) bond motifs is 1. The normalized spacial score (nSPS) is 11.2. The average Bonchev–Trinajstić information content (AvgIpc) is 3.28. The molecule has 0 radical (unpaired) electrons. The largest absolute Gasteiger partial charge is 0.497 e. The third-order valence-electron chi connectivity index (χ3n) is 5.59. The first-order chi connectivity index (χ1) is 16.6. The molecule has 8 heteroatoms. The molecule has 0 aliphatic carbocycles. The molecule has 0 aliphatic rings. The van der Waals surface area contributed by atoms with Crippen LogP contribution in [0.1, 0.15) is 33.6 Å². The smallest absolute Gasteiger partial charge is 0.228 e. The first kappa shape index (κ1) is 26.3. The van der Waals surface area contributed by atoms with Crippen molar-refractivity contribution in [2.75, 3.05) is 50.5 Å². The van der Waals surface area contributed by atoms with Gasteiger partial charge < -0.3 is 14.4 Å². The minimum atomic E-state index is 0.131. The summed E-state index contributed by atoms with van der Waals surface area (Å²) in [5.41, 5.74) is 0.902. The Kier molecular flexibility index (Phi) is 10.5. The molecule has 2 aromatic carbocycles. The van der Waals surface area contributed by atoms with E-state index in [1.165, 1.54) is 4.90 Å². The maximum Gasteiger partial charge on any atom is 0.228 e. The number of carbonyl (C=O) groups is 1. The van der Waals surface area contributed by atoms with Gasteiger partial charge in [0.15, 0.2) is 5.13 Å². The minimum absolute atomic E-state index is 0.131. The van der Waals surface area contributed by atoms with E-state index in [2.05, 4.69) is 30.9 Å². The maximum absolute atomic E-state index is 13.3. The molecule has 0 bridgehead atoms. The topological polar surface area (TPSA) is 54.9 Å². The Hall–Kier alpha value is -2.29. The van der Waals surface area contributed by atoms with Gasteiger partial charge in [0.1, 0.15) is 11.5 Å². The minimum Gasteiger partial charge on any atom is -0.497 e. The van der Waals surface area contributed by atoms with Crippen molar-refractivity contribution in [1.82, 2.24) is 9.88 Å². The standard InChI is InChI=1S/C26H35N3O3S2/c1-5-28(6-2)16-17-29(26-27-23-15-12-21(32-7-3)19-24(23)34-26)25(30)9-8-18-33-22-13-10-20(31-4)11-14-22/h10-15,19H,5-9,16-18H2,1-4H3. The molecule has 0 N–H and O–H groups in total. The molecule has 184 valence electrons. The molecule has 0 aliphatic heterocycles. The highest BCUT2D eigenvalue weighted by Crippen LogP contribution is 2.32. The number of methoxy groups -OCH3 is 1. The highest BCUT2D eigenvalue weighted by molar-refractivity contribution is 7.99. The van der Waals surface area contributed by atoms with E-state index in [1.54, 1.807) is 30.2 Å². The van der Waals surface area contributed by atoms with Crippen molar-refractivity contribution in [3.63, 3.8) is 0 Å². The predicted octanol–water partition coefficient (Wildman–Crippen LogP) is 5.95. The van der Waals surface area contributed by atoms with Gasteiger partial charge >= 0.3 is 0 Å². The summed E-state index contributed by atoms with van der Waals surface area (Å²) >= 11 is 3.32. The average molecular weight is 502 g/mol. The van der Waals surface area contributed by atoms with Crippen molar-refractivity contribution >= 4 is 44.4 Å². The van der Waals surface area contributed by atoms with Gasteiger partial charge in [-0.15, -0.1) is 11.8 Å². The summed E-state index contributed by atoms with van der Waals surface area (Å²) in [6.07, 6.45) is 1.32. The number of aromatic nitrogens is 1. The fourth-order valence-electron chi connectivity index (χ4n) is 3.59. The third-order valence-corrected chi connectivity index (χ3v) is 7.73. The molecule has 3 rings (SSSR count). The number of anilines is 1. The van der Waals surface area contributed by atoms with E-state index in [0.717, 1.165) is 58.7 Å². The molecule has 34 heavy (non-hydrogen) atoms. The van der Waals surface area contributed by atoms with Gasteiger partial charge in [0.25, 0.3) is 0 Å². The number of thioether (sulfide) groups is 1. The second-order valence-corrected chi connectivity index (χ2v) is 9.94. The van der Waals surface area contributed by atoms with Crippen LogP contribution in [0.5, 0.6) is 11.5 Å². The zero-order valence-corrected chi connectivity index (χ0v) is 22.2. The zero-order chi connectivity index (χ0) is 24.3. The van der Waals surface area contributed by atoms with E-state index < -0.39 is 0 Å². The molecular weight excluding hydrogens is 466 g/mol. The Balaban J connectivity index is 1.66. The van der Waals surface area contributed by atoms with Crippen molar-refractivity contribution in [2.45, 2.75) is 38.5 Å². The summed E-state index contributed by atoms with van der Waals surface area (Å²) in [6, 6.07) is 14.0. The van der Waals surface area contributed by atoms with E-state index in [9.17, 15) is 4.79 Å². The van der Waals surface area contributed by atoms with Crippen LogP contribution < -0.4 is 14.4 Å². The van der Waals surface area contributed by atoms with Gasteiger partial charge in [0, 0.05) is 24.4 Å². The number of ether oxygens (including phenoxy) is 2. The van der Waals surface area contributed by atoms with Gasteiger partial charge in [-0.2, -0.15) is 0 Å². The number of thiazole rings is 1. The quantitative estimate of drug-likeness (QED) is 0.201. The van der Waals surface area contributed by atoms with E-state index in [-0.39, 0.29) is 5.91 Å². The fourth-order valence-corrected chi connectivity index (χ4v) is 5.48. The van der Waals surface area contributed by atoms with Crippen molar-refractivity contribution < 1.29 is 14.3 Å². The molecule has 1 heterocycles. The predicted molar refractivity (Wildman–Crippen MR) is 144 cm³/mol. The van der Waals surface area contributed by atoms with Crippen molar-refractivity contribution in [3.05, 3.63) is 42.5 Å². The monoisotopic (exact) mass is 501 g/mol. The van der Waals surface area contributed by atoms with Crippen LogP contribution in [-0.4, -0.2) is 61.4 Å². The number of rotatable bonds is 14. The molecule has 0 saturated heterocycles. The summed E-state index contributed by atoms with van der Waals surface area (Å²) in [7, 11) is 1.67. The van der Waals surface area contributed by atoms with Crippen LogP contribution in [0.2, 0.25) is 0 Å². The SMILES string of the molecule is CCOc1ccc2nc(N(CCN(CC)CC)C(=O)CCCSc3ccc(OC)cc3)sc2c1. The molecule has 6 nitrogen and oxygen atoms in total. The molecule has 0 spiro atoms. The molecule has 0 atom stereocenters. The molecule has 0 fully saturated rings. The van der Waals surface area contributed by atoms with Gasteiger partial charge in [-0.3, -0.25) is 9.69 Å². The van der Waals surface area contributed by atoms with Gasteiger partial charge in [0.2, 0.25) is 5.91 Å². The lowest BCUT2D eigenvalue weighted by Crippen LogP contribution is -2.38. The van der Waals surface area contributed by atoms with E-state index in [4.69, 9.17) is 14.5 Å². The molecule has 0 saturated carbocycles. The number of hydrogen-bond donors (Lipinski definition) is 0. The second-order valence-electron chi connectivity index (χ2n) is 7.76. The number of amides is 1. The van der Waals surface area contributed by atoms with Crippen LogP contribution in [0.15, 0.2) is 47.4 Å². The van der Waals surface area contributed by atoms with Gasteiger partial charge in [0.05, 0.1) is 23.9 Å². The lowest BCUT2D eigenvalue weighted by molar-refractivity contribution is -0.118. The van der Waals surface area contributed by atoms with Gasteiger partial charge in [-0.25, -0.2) is 4.98 Å². The summed E-state index contributed by atoms with van der Waals surface area (Å²) in [4.78, 5) is 23.5. The third kappa shape index (κ3) is 7.35. The lowest BCUT2D eigenvalue weighted by atomic mass is 10.3. The first-order valence-corrected chi connectivity index (χ1v) is 13.7. The van der Waals surface area contributed by atoms with Crippen LogP contribution in [0, 0.1) is 0 Å². The van der Waals surface area contributed by atoms with Crippen molar-refractivity contribution in [3.8, 4) is 11.5 Å². The maximum atomic E-state index is 13.3. The Bertz CT molecular complexity index is 1040. The van der Waals surface area contributed by atoms with E-state index >= 15 is 0 Å². The molecule has 0 unspecified atom stereocenters. The zero-order valence-electron chi connectivity index (χ0n) is 20.6. The van der Waals surface area contributed by atoms with Crippen molar-refractivity contribution in [2.24, 2.45) is 0 Å².